The molecule has 0 spiro atoms. The van der Waals surface area contributed by atoms with Crippen molar-refractivity contribution in [2.45, 2.75) is 11.2 Å². The number of aliphatic hydroxyl groups excluding tert-OH is 2. The van der Waals surface area contributed by atoms with E-state index in [1.807, 2.05) is 0 Å². The van der Waals surface area contributed by atoms with Crippen LogP contribution in [0.1, 0.15) is 11.5 Å². The van der Waals surface area contributed by atoms with Crippen molar-refractivity contribution in [3.63, 3.8) is 0 Å². The van der Waals surface area contributed by atoms with E-state index < -0.39 is 45.5 Å². The van der Waals surface area contributed by atoms with E-state index in [0.29, 0.717) is 5.56 Å². The second-order valence-electron chi connectivity index (χ2n) is 4.83. The molecule has 0 radical (unpaired) electrons. The highest BCUT2D eigenvalue weighted by Crippen LogP contribution is 2.62. The van der Waals surface area contributed by atoms with E-state index in [1.165, 1.54) is 24.3 Å². The van der Waals surface area contributed by atoms with Crippen molar-refractivity contribution < 1.29 is 23.0 Å². The van der Waals surface area contributed by atoms with Gasteiger partial charge in [0.05, 0.1) is 18.5 Å². The molecule has 1 aromatic carbocycles. The number of hydrogen-bond donors (Lipinski definition) is 2. The molecule has 0 aromatic heterocycles. The van der Waals surface area contributed by atoms with E-state index in [0.717, 1.165) is 6.26 Å². The molecule has 0 amide bonds. The summed E-state index contributed by atoms with van der Waals surface area (Å²) in [4.78, 5) is 0. The van der Waals surface area contributed by atoms with Crippen LogP contribution in [0.3, 0.4) is 0 Å². The zero-order chi connectivity index (χ0) is 13.6. The molecule has 18 heavy (non-hydrogen) atoms. The highest BCUT2D eigenvalue weighted by atomic mass is 32.2. The molecule has 0 saturated heterocycles. The summed E-state index contributed by atoms with van der Waals surface area (Å²) in [7, 11) is -3.38. The number of benzene rings is 1. The third-order valence-corrected chi connectivity index (χ3v) is 5.32. The van der Waals surface area contributed by atoms with Crippen molar-refractivity contribution in [1.29, 1.82) is 0 Å². The van der Waals surface area contributed by atoms with E-state index in [-0.39, 0.29) is 0 Å². The predicted molar refractivity (Wildman–Crippen MR) is 64.4 cm³/mol. The molecule has 6 heteroatoms. The van der Waals surface area contributed by atoms with Gasteiger partial charge in [0.2, 0.25) is 0 Å². The third kappa shape index (κ3) is 1.94. The minimum Gasteiger partial charge on any atom is -0.396 e. The highest BCUT2D eigenvalue weighted by Gasteiger charge is 2.69. The van der Waals surface area contributed by atoms with Crippen LogP contribution in [0, 0.1) is 11.2 Å². The van der Waals surface area contributed by atoms with Crippen LogP contribution in [-0.2, 0) is 9.84 Å². The molecule has 2 N–H and O–H groups in total. The van der Waals surface area contributed by atoms with Crippen LogP contribution in [0.25, 0.3) is 0 Å². The van der Waals surface area contributed by atoms with E-state index in [4.69, 9.17) is 0 Å². The van der Waals surface area contributed by atoms with Gasteiger partial charge in [0, 0.05) is 17.6 Å². The van der Waals surface area contributed by atoms with E-state index in [9.17, 15) is 23.0 Å². The minimum atomic E-state index is -3.38. The maximum absolute atomic E-state index is 12.8. The molecule has 0 unspecified atom stereocenters. The Balaban J connectivity index is 2.41. The second kappa shape index (κ2) is 4.29. The zero-order valence-corrected chi connectivity index (χ0v) is 10.7. The van der Waals surface area contributed by atoms with Gasteiger partial charge in [-0.3, -0.25) is 0 Å². The van der Waals surface area contributed by atoms with Gasteiger partial charge in [-0.2, -0.15) is 0 Å². The van der Waals surface area contributed by atoms with Crippen molar-refractivity contribution in [2.75, 3.05) is 19.5 Å². The van der Waals surface area contributed by atoms with E-state index in [1.54, 1.807) is 0 Å². The predicted octanol–water partition coefficient (Wildman–Crippen LogP) is 0.307. The van der Waals surface area contributed by atoms with Crippen molar-refractivity contribution in [3.05, 3.63) is 35.6 Å². The van der Waals surface area contributed by atoms with Gasteiger partial charge in [0.1, 0.15) is 5.82 Å². The third-order valence-electron chi connectivity index (χ3n) is 3.66. The number of halogens is 1. The summed E-state index contributed by atoms with van der Waals surface area (Å²) >= 11 is 0. The molecule has 0 bridgehead atoms. The molecular weight excluding hydrogens is 259 g/mol. The average Bonchev–Trinajstić information content (AvgIpc) is 3.00. The Morgan fingerprint density at radius 2 is 1.72 bits per heavy atom. The van der Waals surface area contributed by atoms with E-state index in [2.05, 4.69) is 0 Å². The van der Waals surface area contributed by atoms with Crippen molar-refractivity contribution >= 4 is 9.84 Å². The Morgan fingerprint density at radius 3 is 2.06 bits per heavy atom. The molecule has 100 valence electrons. The minimum absolute atomic E-state index is 0.408. The fourth-order valence-electron chi connectivity index (χ4n) is 2.73. The molecule has 0 aliphatic heterocycles. The fourth-order valence-corrected chi connectivity index (χ4v) is 4.72. The summed E-state index contributed by atoms with van der Waals surface area (Å²) < 4.78 is 36.2. The molecule has 1 fully saturated rings. The van der Waals surface area contributed by atoms with Crippen LogP contribution in [0.4, 0.5) is 4.39 Å². The van der Waals surface area contributed by atoms with Crippen molar-refractivity contribution in [2.24, 2.45) is 5.41 Å². The second-order valence-corrected chi connectivity index (χ2v) is 7.00. The summed E-state index contributed by atoms with van der Waals surface area (Å²) in [6, 6.07) is 5.47. The summed E-state index contributed by atoms with van der Waals surface area (Å²) in [5, 5.41) is 17.9. The first-order chi connectivity index (χ1) is 8.36. The summed E-state index contributed by atoms with van der Waals surface area (Å²) in [5.74, 6) is -0.892. The van der Waals surface area contributed by atoms with Gasteiger partial charge in [-0.25, -0.2) is 12.8 Å². The van der Waals surface area contributed by atoms with Gasteiger partial charge in [0.25, 0.3) is 0 Å². The van der Waals surface area contributed by atoms with Gasteiger partial charge in [-0.1, -0.05) is 12.1 Å². The van der Waals surface area contributed by atoms with Gasteiger partial charge in [0.15, 0.2) is 9.84 Å². The topological polar surface area (TPSA) is 74.6 Å². The lowest BCUT2D eigenvalue weighted by molar-refractivity contribution is 0.130. The summed E-state index contributed by atoms with van der Waals surface area (Å²) in [6.45, 7) is -0.827. The Bertz CT molecular complexity index is 534. The van der Waals surface area contributed by atoms with Gasteiger partial charge < -0.3 is 10.2 Å². The lowest BCUT2D eigenvalue weighted by Gasteiger charge is -2.10. The number of rotatable bonds is 4. The molecule has 1 aliphatic rings. The van der Waals surface area contributed by atoms with Crippen LogP contribution in [0.15, 0.2) is 24.3 Å². The van der Waals surface area contributed by atoms with Gasteiger partial charge >= 0.3 is 0 Å². The normalized spacial score (nSPS) is 26.0. The number of sulfone groups is 1. The highest BCUT2D eigenvalue weighted by molar-refractivity contribution is 7.91. The quantitative estimate of drug-likeness (QED) is 0.828. The molecule has 1 saturated carbocycles. The lowest BCUT2D eigenvalue weighted by atomic mass is 10.0. The standard InChI is InChI=1S/C12H15FO4S/c1-18(16,17)11-10(12(11,6-14)7-15)8-2-4-9(13)5-3-8/h2-5,10-11,14-15H,6-7H2,1H3/t10-,11+/m0/s1. The maximum atomic E-state index is 12.8. The fraction of sp³-hybridized carbons (Fsp3) is 0.500. The first kappa shape index (κ1) is 13.5. The molecule has 1 aliphatic carbocycles. The molecule has 4 nitrogen and oxygen atoms in total. The molecule has 2 rings (SSSR count). The Hall–Kier alpha value is -0.980. The first-order valence-electron chi connectivity index (χ1n) is 5.53. The SMILES string of the molecule is CS(=O)(=O)[C@@H]1[C@H](c2ccc(F)cc2)C1(CO)CO. The van der Waals surface area contributed by atoms with Gasteiger partial charge in [-0.05, 0) is 17.7 Å². The van der Waals surface area contributed by atoms with Crippen LogP contribution >= 0.6 is 0 Å². The molecule has 2 atom stereocenters. The van der Waals surface area contributed by atoms with Gasteiger partial charge in [-0.15, -0.1) is 0 Å². The largest absolute Gasteiger partial charge is 0.396 e. The Labute approximate surface area is 105 Å². The molecule has 0 heterocycles. The zero-order valence-electron chi connectivity index (χ0n) is 9.88. The Morgan fingerprint density at radius 1 is 1.22 bits per heavy atom. The number of hydrogen-bond acceptors (Lipinski definition) is 4. The summed E-state index contributed by atoms with van der Waals surface area (Å²) in [6.07, 6.45) is 1.08. The van der Waals surface area contributed by atoms with Crippen molar-refractivity contribution in [1.82, 2.24) is 0 Å². The maximum Gasteiger partial charge on any atom is 0.151 e. The Kier molecular flexibility index (Phi) is 3.21. The lowest BCUT2D eigenvalue weighted by Crippen LogP contribution is -2.22. The van der Waals surface area contributed by atoms with E-state index >= 15 is 0 Å². The first-order valence-corrected chi connectivity index (χ1v) is 7.48. The smallest absolute Gasteiger partial charge is 0.151 e. The van der Waals surface area contributed by atoms with Crippen molar-refractivity contribution in [3.8, 4) is 0 Å². The van der Waals surface area contributed by atoms with Crippen LogP contribution in [-0.4, -0.2) is 43.4 Å². The average molecular weight is 274 g/mol. The van der Waals surface area contributed by atoms with Crippen LogP contribution < -0.4 is 0 Å². The summed E-state index contributed by atoms with van der Waals surface area (Å²) in [5.41, 5.74) is -0.430. The molecule has 1 aromatic rings. The number of aliphatic hydroxyl groups is 2. The monoisotopic (exact) mass is 274 g/mol. The van der Waals surface area contributed by atoms with Crippen LogP contribution in [0.5, 0.6) is 0 Å². The van der Waals surface area contributed by atoms with Crippen LogP contribution in [0.2, 0.25) is 0 Å². The molecular formula is C12H15FO4S.